The number of hydrogen-bond acceptors (Lipinski definition) is 5. The predicted molar refractivity (Wildman–Crippen MR) is 70.6 cm³/mol. The third-order valence-electron chi connectivity index (χ3n) is 3.22. The molecular weight excluding hydrogens is 284 g/mol. The third kappa shape index (κ3) is 3.29. The van der Waals surface area contributed by atoms with Gasteiger partial charge in [-0.05, 0) is 47.5 Å². The zero-order valence-corrected chi connectivity index (χ0v) is 11.2. The van der Waals surface area contributed by atoms with Crippen molar-refractivity contribution in [3.8, 4) is 0 Å². The molecule has 0 spiro atoms. The lowest BCUT2D eigenvalue weighted by Crippen LogP contribution is -2.28. The summed E-state index contributed by atoms with van der Waals surface area (Å²) in [4.78, 5) is 8.32. The van der Waals surface area contributed by atoms with Gasteiger partial charge in [0.15, 0.2) is 11.6 Å². The predicted octanol–water partition coefficient (Wildman–Crippen LogP) is 1.78. The molecule has 6 heteroatoms. The van der Waals surface area contributed by atoms with Crippen LogP contribution in [0.5, 0.6) is 0 Å². The number of aliphatic hydroxyl groups is 1. The highest BCUT2D eigenvalue weighted by Crippen LogP contribution is 2.27. The molecule has 94 valence electrons. The van der Waals surface area contributed by atoms with Crippen molar-refractivity contribution in [1.82, 2.24) is 9.97 Å². The maximum Gasteiger partial charge on any atom is 0.170 e. The second-order valence-electron chi connectivity index (χ2n) is 4.47. The zero-order chi connectivity index (χ0) is 12.3. The van der Waals surface area contributed by atoms with Gasteiger partial charge in [0.2, 0.25) is 0 Å². The van der Waals surface area contributed by atoms with Crippen LogP contribution in [0, 0.1) is 5.92 Å². The number of aliphatic hydroxyl groups excluding tert-OH is 1. The van der Waals surface area contributed by atoms with Crippen LogP contribution in [0.25, 0.3) is 0 Å². The Hall–Kier alpha value is -0.880. The molecular formula is C11H17BrN4O. The first kappa shape index (κ1) is 12.6. The van der Waals surface area contributed by atoms with Gasteiger partial charge in [-0.25, -0.2) is 9.97 Å². The van der Waals surface area contributed by atoms with E-state index < -0.39 is 0 Å². The number of nitrogens with one attached hydrogen (secondary N) is 1. The second kappa shape index (κ2) is 5.64. The molecule has 1 aliphatic carbocycles. The van der Waals surface area contributed by atoms with Gasteiger partial charge in [-0.3, -0.25) is 0 Å². The Morgan fingerprint density at radius 3 is 2.76 bits per heavy atom. The van der Waals surface area contributed by atoms with Crippen LogP contribution >= 0.6 is 15.9 Å². The molecule has 1 aliphatic rings. The van der Waals surface area contributed by atoms with Gasteiger partial charge in [-0.15, -0.1) is 0 Å². The maximum absolute atomic E-state index is 9.08. The van der Waals surface area contributed by atoms with Crippen LogP contribution in [0.15, 0.2) is 10.8 Å². The molecule has 0 aliphatic heterocycles. The van der Waals surface area contributed by atoms with Crippen molar-refractivity contribution >= 4 is 27.6 Å². The SMILES string of the molecule is Nc1ncc(Br)nc1NC1CCC(CO)CC1. The minimum Gasteiger partial charge on any atom is -0.396 e. The lowest BCUT2D eigenvalue weighted by molar-refractivity contribution is 0.185. The fraction of sp³-hybridized carbons (Fsp3) is 0.636. The molecule has 0 unspecified atom stereocenters. The summed E-state index contributed by atoms with van der Waals surface area (Å²) in [6.45, 7) is 0.297. The van der Waals surface area contributed by atoms with Gasteiger partial charge in [0.1, 0.15) is 4.60 Å². The summed E-state index contributed by atoms with van der Waals surface area (Å²) in [5, 5.41) is 12.4. The quantitative estimate of drug-likeness (QED) is 0.792. The van der Waals surface area contributed by atoms with Gasteiger partial charge in [-0.1, -0.05) is 0 Å². The highest BCUT2D eigenvalue weighted by molar-refractivity contribution is 9.10. The van der Waals surface area contributed by atoms with Gasteiger partial charge in [0.25, 0.3) is 0 Å². The molecule has 1 aromatic heterocycles. The van der Waals surface area contributed by atoms with E-state index in [1.165, 1.54) is 0 Å². The number of nitrogens with zero attached hydrogens (tertiary/aromatic N) is 2. The van der Waals surface area contributed by atoms with E-state index in [1.54, 1.807) is 6.20 Å². The molecule has 0 saturated heterocycles. The molecule has 0 atom stereocenters. The number of aromatic nitrogens is 2. The van der Waals surface area contributed by atoms with Crippen LogP contribution in [0.4, 0.5) is 11.6 Å². The summed E-state index contributed by atoms with van der Waals surface area (Å²) in [7, 11) is 0. The van der Waals surface area contributed by atoms with Crippen molar-refractivity contribution in [2.75, 3.05) is 17.7 Å². The molecule has 1 heterocycles. The van der Waals surface area contributed by atoms with Gasteiger partial charge in [-0.2, -0.15) is 0 Å². The summed E-state index contributed by atoms with van der Waals surface area (Å²) in [5.74, 6) is 1.53. The third-order valence-corrected chi connectivity index (χ3v) is 3.60. The number of rotatable bonds is 3. The smallest absolute Gasteiger partial charge is 0.170 e. The van der Waals surface area contributed by atoms with Crippen LogP contribution in [-0.2, 0) is 0 Å². The zero-order valence-electron chi connectivity index (χ0n) is 9.56. The number of hydrogen-bond donors (Lipinski definition) is 3. The molecule has 2 rings (SSSR count). The minimum atomic E-state index is 0.297. The molecule has 1 saturated carbocycles. The van der Waals surface area contributed by atoms with E-state index in [-0.39, 0.29) is 0 Å². The maximum atomic E-state index is 9.08. The molecule has 4 N–H and O–H groups in total. The first-order valence-corrected chi connectivity index (χ1v) is 6.63. The van der Waals surface area contributed by atoms with Crippen LogP contribution in [0.1, 0.15) is 25.7 Å². The molecule has 1 fully saturated rings. The average Bonchev–Trinajstić information content (AvgIpc) is 2.35. The van der Waals surface area contributed by atoms with Crippen molar-refractivity contribution in [3.05, 3.63) is 10.8 Å². The Bertz CT molecular complexity index is 380. The van der Waals surface area contributed by atoms with Gasteiger partial charge >= 0.3 is 0 Å². The van der Waals surface area contributed by atoms with Crippen LogP contribution in [0.3, 0.4) is 0 Å². The van der Waals surface area contributed by atoms with E-state index in [9.17, 15) is 0 Å². The van der Waals surface area contributed by atoms with E-state index in [0.29, 0.717) is 34.8 Å². The minimum absolute atomic E-state index is 0.297. The Labute approximate surface area is 109 Å². The van der Waals surface area contributed by atoms with Crippen molar-refractivity contribution in [1.29, 1.82) is 0 Å². The van der Waals surface area contributed by atoms with Gasteiger partial charge < -0.3 is 16.2 Å². The molecule has 0 amide bonds. The van der Waals surface area contributed by atoms with E-state index in [0.717, 1.165) is 25.7 Å². The number of anilines is 2. The number of nitrogens with two attached hydrogens (primary N) is 1. The van der Waals surface area contributed by atoms with Crippen molar-refractivity contribution < 1.29 is 5.11 Å². The topological polar surface area (TPSA) is 84.1 Å². The average molecular weight is 301 g/mol. The Morgan fingerprint density at radius 1 is 1.41 bits per heavy atom. The van der Waals surface area contributed by atoms with E-state index >= 15 is 0 Å². The normalized spacial score (nSPS) is 24.6. The summed E-state index contributed by atoms with van der Waals surface area (Å²) in [6.07, 6.45) is 5.77. The van der Waals surface area contributed by atoms with E-state index in [2.05, 4.69) is 31.2 Å². The van der Waals surface area contributed by atoms with Crippen LogP contribution in [0.2, 0.25) is 0 Å². The summed E-state index contributed by atoms with van der Waals surface area (Å²) >= 11 is 3.28. The second-order valence-corrected chi connectivity index (χ2v) is 5.28. The highest BCUT2D eigenvalue weighted by Gasteiger charge is 2.21. The van der Waals surface area contributed by atoms with Crippen LogP contribution in [-0.4, -0.2) is 27.7 Å². The number of halogens is 1. The van der Waals surface area contributed by atoms with Crippen LogP contribution < -0.4 is 11.1 Å². The fourth-order valence-corrected chi connectivity index (χ4v) is 2.45. The highest BCUT2D eigenvalue weighted by atomic mass is 79.9. The number of nitrogen functional groups attached to an aromatic ring is 1. The summed E-state index contributed by atoms with van der Waals surface area (Å²) < 4.78 is 0.679. The molecule has 5 nitrogen and oxygen atoms in total. The molecule has 0 radical (unpaired) electrons. The van der Waals surface area contributed by atoms with Crippen molar-refractivity contribution in [2.24, 2.45) is 5.92 Å². The van der Waals surface area contributed by atoms with Gasteiger partial charge in [0, 0.05) is 12.6 Å². The first-order chi connectivity index (χ1) is 8.19. The van der Waals surface area contributed by atoms with Crippen molar-refractivity contribution in [3.63, 3.8) is 0 Å². The Kier molecular flexibility index (Phi) is 4.17. The largest absolute Gasteiger partial charge is 0.396 e. The lowest BCUT2D eigenvalue weighted by Gasteiger charge is -2.28. The van der Waals surface area contributed by atoms with E-state index in [4.69, 9.17) is 10.8 Å². The molecule has 0 bridgehead atoms. The molecule has 1 aromatic rings. The molecule has 0 aromatic carbocycles. The van der Waals surface area contributed by atoms with Gasteiger partial charge in [0.05, 0.1) is 6.20 Å². The standard InChI is InChI=1S/C11H17BrN4O/c12-9-5-14-10(13)11(16-9)15-8-3-1-7(6-17)2-4-8/h5,7-8,17H,1-4,6H2,(H2,13,14)(H,15,16). The summed E-state index contributed by atoms with van der Waals surface area (Å²) in [6, 6.07) is 0.378. The Balaban J connectivity index is 1.95. The van der Waals surface area contributed by atoms with E-state index in [1.807, 2.05) is 0 Å². The Morgan fingerprint density at radius 2 is 2.12 bits per heavy atom. The fourth-order valence-electron chi connectivity index (χ4n) is 2.17. The lowest BCUT2D eigenvalue weighted by atomic mass is 9.86. The first-order valence-electron chi connectivity index (χ1n) is 5.84. The van der Waals surface area contributed by atoms with Crippen molar-refractivity contribution in [2.45, 2.75) is 31.7 Å². The summed E-state index contributed by atoms with van der Waals surface area (Å²) in [5.41, 5.74) is 5.76. The molecule has 17 heavy (non-hydrogen) atoms. The monoisotopic (exact) mass is 300 g/mol.